The average molecular weight is 647 g/mol. The fourth-order valence-electron chi connectivity index (χ4n) is 6.62. The number of rotatable bonds is 11. The summed E-state index contributed by atoms with van der Waals surface area (Å²) in [5, 5.41) is 10.3. The number of imidazole rings is 1. The first-order chi connectivity index (χ1) is 23.4. The molecular formula is C38H35FN4O5. The van der Waals surface area contributed by atoms with Gasteiger partial charge in [0.25, 0.3) is 0 Å². The first-order valence-electron chi connectivity index (χ1n) is 15.7. The monoisotopic (exact) mass is 646 g/mol. The van der Waals surface area contributed by atoms with Crippen LogP contribution in [0.5, 0.6) is 0 Å². The van der Waals surface area contributed by atoms with Crippen LogP contribution < -0.4 is 0 Å². The Morgan fingerprint density at radius 2 is 1.38 bits per heavy atom. The zero-order valence-corrected chi connectivity index (χ0v) is 26.1. The lowest BCUT2D eigenvalue weighted by atomic mass is 9.77. The summed E-state index contributed by atoms with van der Waals surface area (Å²) in [6, 6.07) is 37.1. The van der Waals surface area contributed by atoms with Crippen LogP contribution in [-0.4, -0.2) is 67.9 Å². The molecule has 48 heavy (non-hydrogen) atoms. The topological polar surface area (TPSA) is 105 Å². The number of nitrogens with zero attached hydrogens (tertiary/aromatic N) is 4. The molecule has 2 amide bonds. The van der Waals surface area contributed by atoms with Gasteiger partial charge in [0.05, 0.1) is 18.1 Å². The van der Waals surface area contributed by atoms with Crippen LogP contribution in [0.4, 0.5) is 14.0 Å². The standard InChI is InChI=1S/C38H35FN4O5/c39-36(46)43(37(47)48-26-28-13-5-1-6-14-28)33-21-22-41(25-33)34(35(44)45)23-32-24-42(27-40-32)38(29-15-7-2-8-16-29,30-17-9-3-10-18-30)31-19-11-4-12-20-31/h1-20,24,27,33-34H,21-23,25-26H2,(H,44,45)/t33-,34-/m0/s1. The molecule has 0 spiro atoms. The lowest BCUT2D eigenvalue weighted by Crippen LogP contribution is -2.47. The van der Waals surface area contributed by atoms with Crippen molar-refractivity contribution in [3.05, 3.63) is 162 Å². The number of aromatic nitrogens is 2. The number of amides is 2. The van der Waals surface area contributed by atoms with Gasteiger partial charge in [0, 0.05) is 25.7 Å². The lowest BCUT2D eigenvalue weighted by molar-refractivity contribution is -0.142. The van der Waals surface area contributed by atoms with Gasteiger partial charge in [-0.2, -0.15) is 0 Å². The zero-order valence-electron chi connectivity index (χ0n) is 26.1. The first-order valence-corrected chi connectivity index (χ1v) is 15.7. The number of carbonyl (C=O) groups excluding carboxylic acids is 2. The fraction of sp³-hybridized carbons (Fsp3) is 0.211. The Morgan fingerprint density at radius 3 is 1.88 bits per heavy atom. The molecule has 10 heteroatoms. The molecule has 0 saturated carbocycles. The van der Waals surface area contributed by atoms with Crippen molar-refractivity contribution in [2.45, 2.75) is 37.1 Å². The Hall–Kier alpha value is -5.61. The molecule has 4 aromatic carbocycles. The minimum Gasteiger partial charge on any atom is -0.480 e. The van der Waals surface area contributed by atoms with E-state index in [-0.39, 0.29) is 32.5 Å². The van der Waals surface area contributed by atoms with Gasteiger partial charge in [-0.05, 0) is 28.7 Å². The van der Waals surface area contributed by atoms with Gasteiger partial charge in [-0.3, -0.25) is 9.69 Å². The SMILES string of the molecule is O=C(O)[C@H](Cc1cn(C(c2ccccc2)(c2ccccc2)c2ccccc2)cn1)N1CC[C@H](N(C(=O)F)C(=O)OCc2ccccc2)C1. The molecule has 5 aromatic rings. The van der Waals surface area contributed by atoms with E-state index >= 15 is 0 Å². The molecule has 1 N–H and O–H groups in total. The van der Waals surface area contributed by atoms with Crippen molar-refractivity contribution in [3.8, 4) is 0 Å². The maximum atomic E-state index is 14.2. The quantitative estimate of drug-likeness (QED) is 0.0990. The summed E-state index contributed by atoms with van der Waals surface area (Å²) < 4.78 is 21.4. The van der Waals surface area contributed by atoms with E-state index < -0.39 is 35.8 Å². The third-order valence-corrected chi connectivity index (χ3v) is 8.88. The van der Waals surface area contributed by atoms with Gasteiger partial charge in [0.2, 0.25) is 0 Å². The third kappa shape index (κ3) is 6.61. The fourth-order valence-corrected chi connectivity index (χ4v) is 6.62. The maximum absolute atomic E-state index is 14.2. The van der Waals surface area contributed by atoms with Crippen LogP contribution in [0.25, 0.3) is 0 Å². The summed E-state index contributed by atoms with van der Waals surface area (Å²) in [6.45, 7) is 0.0898. The number of carboxylic acids is 1. The average Bonchev–Trinajstić information content (AvgIpc) is 3.79. The minimum atomic E-state index is -1.94. The van der Waals surface area contributed by atoms with Crippen molar-refractivity contribution in [1.29, 1.82) is 0 Å². The van der Waals surface area contributed by atoms with E-state index in [1.807, 2.05) is 71.4 Å². The van der Waals surface area contributed by atoms with E-state index in [1.54, 1.807) is 35.5 Å². The lowest BCUT2D eigenvalue weighted by Gasteiger charge is -2.37. The highest BCUT2D eigenvalue weighted by atomic mass is 19.1. The van der Waals surface area contributed by atoms with E-state index in [9.17, 15) is 23.9 Å². The van der Waals surface area contributed by atoms with Gasteiger partial charge in [0.15, 0.2) is 0 Å². The molecule has 1 fully saturated rings. The summed E-state index contributed by atoms with van der Waals surface area (Å²) >= 11 is 0. The summed E-state index contributed by atoms with van der Waals surface area (Å²) in [4.78, 5) is 44.2. The van der Waals surface area contributed by atoms with Crippen LogP contribution in [0.15, 0.2) is 134 Å². The van der Waals surface area contributed by atoms with Gasteiger partial charge in [-0.15, -0.1) is 4.39 Å². The van der Waals surface area contributed by atoms with Crippen LogP contribution in [0.3, 0.4) is 0 Å². The second-order valence-corrected chi connectivity index (χ2v) is 11.7. The van der Waals surface area contributed by atoms with Gasteiger partial charge in [0.1, 0.15) is 18.2 Å². The van der Waals surface area contributed by atoms with Crippen molar-refractivity contribution in [2.75, 3.05) is 13.1 Å². The van der Waals surface area contributed by atoms with Crippen molar-refractivity contribution in [1.82, 2.24) is 19.4 Å². The number of carbonyl (C=O) groups is 3. The molecule has 0 bridgehead atoms. The van der Waals surface area contributed by atoms with Crippen LogP contribution in [0.2, 0.25) is 0 Å². The van der Waals surface area contributed by atoms with Gasteiger partial charge < -0.3 is 14.4 Å². The molecule has 1 aliphatic heterocycles. The molecule has 9 nitrogen and oxygen atoms in total. The smallest absolute Gasteiger partial charge is 0.419 e. The largest absolute Gasteiger partial charge is 0.480 e. The Kier molecular flexibility index (Phi) is 9.73. The molecular weight excluding hydrogens is 611 g/mol. The number of carboxylic acid groups (broad SMARTS) is 1. The minimum absolute atomic E-state index is 0.0181. The number of halogens is 1. The van der Waals surface area contributed by atoms with Crippen LogP contribution >= 0.6 is 0 Å². The summed E-state index contributed by atoms with van der Waals surface area (Å²) in [6.07, 6.45) is 0.793. The number of imide groups is 1. The molecule has 6 rings (SSSR count). The molecule has 1 aromatic heterocycles. The molecule has 0 aliphatic carbocycles. The molecule has 2 atom stereocenters. The van der Waals surface area contributed by atoms with Crippen LogP contribution in [-0.2, 0) is 28.1 Å². The molecule has 1 aliphatic rings. The highest BCUT2D eigenvalue weighted by Gasteiger charge is 2.41. The molecule has 1 saturated heterocycles. The van der Waals surface area contributed by atoms with E-state index in [2.05, 4.69) is 36.4 Å². The zero-order chi connectivity index (χ0) is 33.5. The van der Waals surface area contributed by atoms with Gasteiger partial charge in [-0.25, -0.2) is 19.5 Å². The van der Waals surface area contributed by atoms with Crippen molar-refractivity contribution >= 4 is 18.2 Å². The summed E-state index contributed by atoms with van der Waals surface area (Å²) in [7, 11) is 0. The van der Waals surface area contributed by atoms with E-state index in [0.717, 1.165) is 16.7 Å². The predicted octanol–water partition coefficient (Wildman–Crippen LogP) is 6.52. The Labute approximate surface area is 277 Å². The first kappa shape index (κ1) is 32.3. The summed E-state index contributed by atoms with van der Waals surface area (Å²) in [5.74, 6) is -1.09. The third-order valence-electron chi connectivity index (χ3n) is 8.88. The molecule has 2 heterocycles. The van der Waals surface area contributed by atoms with E-state index in [4.69, 9.17) is 9.72 Å². The second-order valence-electron chi connectivity index (χ2n) is 11.7. The van der Waals surface area contributed by atoms with E-state index in [0.29, 0.717) is 16.2 Å². The van der Waals surface area contributed by atoms with E-state index in [1.165, 1.54) is 0 Å². The second kappa shape index (κ2) is 14.4. The Bertz CT molecular complexity index is 1740. The van der Waals surface area contributed by atoms with Crippen molar-refractivity contribution in [2.24, 2.45) is 0 Å². The van der Waals surface area contributed by atoms with Crippen molar-refractivity contribution in [3.63, 3.8) is 0 Å². The van der Waals surface area contributed by atoms with Crippen molar-refractivity contribution < 1.29 is 28.6 Å². The highest BCUT2D eigenvalue weighted by Crippen LogP contribution is 2.41. The van der Waals surface area contributed by atoms with Crippen LogP contribution in [0.1, 0.15) is 34.4 Å². The number of hydrogen-bond acceptors (Lipinski definition) is 6. The number of likely N-dealkylation sites (tertiary alicyclic amines) is 1. The molecule has 0 radical (unpaired) electrons. The normalized spacial score (nSPS) is 15.5. The van der Waals surface area contributed by atoms with Gasteiger partial charge in [-0.1, -0.05) is 121 Å². The number of hydrogen-bond donors (Lipinski definition) is 1. The number of ether oxygens (including phenoxy) is 1. The highest BCUT2D eigenvalue weighted by molar-refractivity contribution is 5.87. The number of aliphatic carboxylic acids is 1. The Balaban J connectivity index is 1.26. The molecule has 244 valence electrons. The number of benzene rings is 4. The van der Waals surface area contributed by atoms with Gasteiger partial charge >= 0.3 is 18.2 Å². The maximum Gasteiger partial charge on any atom is 0.419 e. The predicted molar refractivity (Wildman–Crippen MR) is 177 cm³/mol. The molecule has 0 unspecified atom stereocenters. The summed E-state index contributed by atoms with van der Waals surface area (Å²) in [5.41, 5.74) is 3.41. The van der Waals surface area contributed by atoms with Crippen LogP contribution in [0, 0.1) is 0 Å². The Morgan fingerprint density at radius 1 is 0.854 bits per heavy atom.